The molecular formula is C18H33N3O3. The van der Waals surface area contributed by atoms with E-state index in [0.29, 0.717) is 5.92 Å². The van der Waals surface area contributed by atoms with E-state index >= 15 is 0 Å². The number of methoxy groups -OCH3 is 1. The fourth-order valence-corrected chi connectivity index (χ4v) is 3.85. The second kappa shape index (κ2) is 8.81. The molecule has 1 saturated carbocycles. The Morgan fingerprint density at radius 3 is 2.50 bits per heavy atom. The first-order valence-electron chi connectivity index (χ1n) is 9.23. The molecule has 1 aliphatic carbocycles. The standard InChI is InChI=1S/C18H33N3O3/c1-14-6-4-5-7-15(14)19-17(23)20-16(22)12-21-10-8-18(2,9-11-21)13-24-3/h14-15H,4-13H2,1-3H3,(H2,19,20,22,23)/t14-,15+/m0/s1. The van der Waals surface area contributed by atoms with Crippen LogP contribution in [0.2, 0.25) is 0 Å². The van der Waals surface area contributed by atoms with Gasteiger partial charge < -0.3 is 10.1 Å². The number of urea groups is 1. The van der Waals surface area contributed by atoms with E-state index in [1.54, 1.807) is 7.11 Å². The molecule has 3 amide bonds. The van der Waals surface area contributed by atoms with E-state index in [4.69, 9.17) is 4.74 Å². The largest absolute Gasteiger partial charge is 0.384 e. The van der Waals surface area contributed by atoms with Crippen molar-refractivity contribution in [2.75, 3.05) is 33.4 Å². The third kappa shape index (κ3) is 5.74. The van der Waals surface area contributed by atoms with Crippen molar-refractivity contribution in [2.24, 2.45) is 11.3 Å². The minimum atomic E-state index is -0.347. The van der Waals surface area contributed by atoms with Gasteiger partial charge >= 0.3 is 6.03 Å². The maximum atomic E-state index is 12.1. The van der Waals surface area contributed by atoms with Crippen molar-refractivity contribution in [1.29, 1.82) is 0 Å². The van der Waals surface area contributed by atoms with E-state index < -0.39 is 0 Å². The molecule has 2 fully saturated rings. The Kier molecular flexibility index (Phi) is 7.04. The first-order chi connectivity index (χ1) is 11.4. The highest BCUT2D eigenvalue weighted by Gasteiger charge is 2.31. The maximum Gasteiger partial charge on any atom is 0.321 e. The molecule has 1 aliphatic heterocycles. The van der Waals surface area contributed by atoms with Gasteiger partial charge in [-0.2, -0.15) is 0 Å². The highest BCUT2D eigenvalue weighted by atomic mass is 16.5. The normalized spacial score (nSPS) is 27.5. The first-order valence-corrected chi connectivity index (χ1v) is 9.23. The van der Waals surface area contributed by atoms with Crippen molar-refractivity contribution in [3.8, 4) is 0 Å². The van der Waals surface area contributed by atoms with Crippen molar-refractivity contribution in [3.05, 3.63) is 0 Å². The molecule has 0 unspecified atom stereocenters. The van der Waals surface area contributed by atoms with Crippen LogP contribution in [0, 0.1) is 11.3 Å². The van der Waals surface area contributed by atoms with Gasteiger partial charge in [0.05, 0.1) is 13.2 Å². The summed E-state index contributed by atoms with van der Waals surface area (Å²) >= 11 is 0. The smallest absolute Gasteiger partial charge is 0.321 e. The number of likely N-dealkylation sites (tertiary alicyclic amines) is 1. The van der Waals surface area contributed by atoms with E-state index in [2.05, 4.69) is 29.4 Å². The highest BCUT2D eigenvalue weighted by molar-refractivity contribution is 5.95. The lowest BCUT2D eigenvalue weighted by molar-refractivity contribution is -0.121. The Hall–Kier alpha value is -1.14. The first kappa shape index (κ1) is 19.2. The predicted molar refractivity (Wildman–Crippen MR) is 93.8 cm³/mol. The van der Waals surface area contributed by atoms with Gasteiger partial charge in [-0.1, -0.05) is 26.7 Å². The molecule has 2 rings (SSSR count). The Morgan fingerprint density at radius 2 is 1.88 bits per heavy atom. The van der Waals surface area contributed by atoms with Gasteiger partial charge in [-0.05, 0) is 50.1 Å². The number of amides is 3. The zero-order valence-electron chi connectivity index (χ0n) is 15.4. The SMILES string of the molecule is COCC1(C)CCN(CC(=O)NC(=O)N[C@@H]2CCCC[C@@H]2C)CC1. The molecule has 24 heavy (non-hydrogen) atoms. The molecule has 0 aromatic heterocycles. The van der Waals surface area contributed by atoms with Crippen molar-refractivity contribution in [2.45, 2.75) is 58.4 Å². The molecule has 0 aromatic rings. The molecule has 0 bridgehead atoms. The van der Waals surface area contributed by atoms with Gasteiger partial charge in [-0.25, -0.2) is 4.79 Å². The van der Waals surface area contributed by atoms with Gasteiger partial charge in [0.2, 0.25) is 5.91 Å². The van der Waals surface area contributed by atoms with Gasteiger partial charge in [0.25, 0.3) is 0 Å². The van der Waals surface area contributed by atoms with Crippen LogP contribution in [0.25, 0.3) is 0 Å². The third-order valence-electron chi connectivity index (χ3n) is 5.60. The lowest BCUT2D eigenvalue weighted by Crippen LogP contribution is -2.51. The number of carbonyl (C=O) groups is 2. The molecule has 2 atom stereocenters. The molecule has 2 aliphatic rings. The van der Waals surface area contributed by atoms with Gasteiger partial charge in [0.1, 0.15) is 0 Å². The number of hydrogen-bond acceptors (Lipinski definition) is 4. The number of imide groups is 1. The van der Waals surface area contributed by atoms with Gasteiger partial charge in [0, 0.05) is 13.2 Å². The summed E-state index contributed by atoms with van der Waals surface area (Å²) in [5.74, 6) is 0.270. The van der Waals surface area contributed by atoms with Crippen LogP contribution in [0.1, 0.15) is 52.4 Å². The quantitative estimate of drug-likeness (QED) is 0.805. The summed E-state index contributed by atoms with van der Waals surface area (Å²) < 4.78 is 5.28. The maximum absolute atomic E-state index is 12.1. The van der Waals surface area contributed by atoms with Gasteiger partial charge in [-0.15, -0.1) is 0 Å². The van der Waals surface area contributed by atoms with E-state index in [1.165, 1.54) is 6.42 Å². The minimum absolute atomic E-state index is 0.191. The average molecular weight is 339 g/mol. The predicted octanol–water partition coefficient (Wildman–Crippen LogP) is 2.14. The second-order valence-electron chi connectivity index (χ2n) is 7.91. The fourth-order valence-electron chi connectivity index (χ4n) is 3.85. The molecule has 0 radical (unpaired) electrons. The molecule has 1 heterocycles. The number of nitrogens with zero attached hydrogens (tertiary/aromatic N) is 1. The summed E-state index contributed by atoms with van der Waals surface area (Å²) in [6.45, 7) is 7.18. The summed E-state index contributed by atoms with van der Waals surface area (Å²) in [4.78, 5) is 26.2. The number of rotatable bonds is 5. The van der Waals surface area contributed by atoms with Crippen molar-refractivity contribution in [1.82, 2.24) is 15.5 Å². The van der Waals surface area contributed by atoms with Crippen LogP contribution >= 0.6 is 0 Å². The van der Waals surface area contributed by atoms with Crippen LogP contribution in [0.4, 0.5) is 4.79 Å². The van der Waals surface area contributed by atoms with Gasteiger partial charge in [-0.3, -0.25) is 15.0 Å². The summed E-state index contributed by atoms with van der Waals surface area (Å²) in [6.07, 6.45) is 6.56. The van der Waals surface area contributed by atoms with Crippen LogP contribution in [-0.4, -0.2) is 56.2 Å². The number of piperidine rings is 1. The second-order valence-corrected chi connectivity index (χ2v) is 7.91. The molecule has 0 aromatic carbocycles. The Labute approximate surface area is 145 Å². The van der Waals surface area contributed by atoms with Crippen LogP contribution < -0.4 is 10.6 Å². The molecule has 6 heteroatoms. The molecule has 0 spiro atoms. The number of ether oxygens (including phenoxy) is 1. The third-order valence-corrected chi connectivity index (χ3v) is 5.60. The summed E-state index contributed by atoms with van der Waals surface area (Å²) in [6, 6.07) is -0.156. The van der Waals surface area contributed by atoms with Gasteiger partial charge in [0.15, 0.2) is 0 Å². The van der Waals surface area contributed by atoms with Crippen molar-refractivity contribution in [3.63, 3.8) is 0 Å². The highest BCUT2D eigenvalue weighted by Crippen LogP contribution is 2.30. The van der Waals surface area contributed by atoms with Crippen LogP contribution in [0.3, 0.4) is 0 Å². The molecule has 6 nitrogen and oxygen atoms in total. The molecule has 1 saturated heterocycles. The summed E-state index contributed by atoms with van der Waals surface area (Å²) in [5.41, 5.74) is 0.205. The Bertz CT molecular complexity index is 433. The summed E-state index contributed by atoms with van der Waals surface area (Å²) in [7, 11) is 1.73. The average Bonchev–Trinajstić information content (AvgIpc) is 2.52. The Morgan fingerprint density at radius 1 is 1.21 bits per heavy atom. The Balaban J connectivity index is 1.68. The molecule has 2 N–H and O–H groups in total. The van der Waals surface area contributed by atoms with E-state index in [9.17, 15) is 9.59 Å². The van der Waals surface area contributed by atoms with E-state index in [1.807, 2.05) is 0 Å². The zero-order chi connectivity index (χ0) is 17.6. The topological polar surface area (TPSA) is 70.7 Å². The minimum Gasteiger partial charge on any atom is -0.384 e. The number of nitrogens with one attached hydrogen (secondary N) is 2. The van der Waals surface area contributed by atoms with E-state index in [-0.39, 0.29) is 29.9 Å². The summed E-state index contributed by atoms with van der Waals surface area (Å²) in [5, 5.41) is 5.45. The van der Waals surface area contributed by atoms with Crippen molar-refractivity contribution >= 4 is 11.9 Å². The lowest BCUT2D eigenvalue weighted by atomic mass is 9.81. The number of carbonyl (C=O) groups excluding carboxylic acids is 2. The molecular weight excluding hydrogens is 306 g/mol. The van der Waals surface area contributed by atoms with Crippen LogP contribution in [0.5, 0.6) is 0 Å². The lowest BCUT2D eigenvalue weighted by Gasteiger charge is -2.38. The van der Waals surface area contributed by atoms with Crippen LogP contribution in [0.15, 0.2) is 0 Å². The van der Waals surface area contributed by atoms with Crippen molar-refractivity contribution < 1.29 is 14.3 Å². The van der Waals surface area contributed by atoms with E-state index in [0.717, 1.165) is 51.8 Å². The molecule has 138 valence electrons. The fraction of sp³-hybridized carbons (Fsp3) is 0.889. The van der Waals surface area contributed by atoms with Crippen LogP contribution in [-0.2, 0) is 9.53 Å². The number of hydrogen-bond donors (Lipinski definition) is 2. The monoisotopic (exact) mass is 339 g/mol. The zero-order valence-corrected chi connectivity index (χ0v) is 15.4.